The standard InChI is InChI=1S/C16H17FN2O3/c1-2-22-14-7-16(8-14,15(20)21)19-10-12(9-18-19)11-4-3-5-13(17)6-11/h3-6,9-10,14H,2,7-8H2,1H3,(H,20,21). The molecule has 0 amide bonds. The Hall–Kier alpha value is -2.21. The lowest BCUT2D eigenvalue weighted by Gasteiger charge is -2.43. The predicted octanol–water partition coefficient (Wildman–Crippen LogP) is 2.67. The largest absolute Gasteiger partial charge is 0.479 e. The molecule has 1 aromatic heterocycles. The van der Waals surface area contributed by atoms with Crippen molar-refractivity contribution < 1.29 is 19.0 Å². The molecule has 0 unspecified atom stereocenters. The van der Waals surface area contributed by atoms with E-state index in [1.165, 1.54) is 16.8 Å². The molecule has 0 bridgehead atoms. The average Bonchev–Trinajstić information content (AvgIpc) is 2.91. The van der Waals surface area contributed by atoms with Crippen LogP contribution in [0.25, 0.3) is 11.1 Å². The molecule has 0 radical (unpaired) electrons. The molecule has 6 heteroatoms. The number of carbonyl (C=O) groups is 1. The SMILES string of the molecule is CCOC1CC(C(=O)O)(n2cc(-c3cccc(F)c3)cn2)C1. The average molecular weight is 304 g/mol. The van der Waals surface area contributed by atoms with Crippen molar-refractivity contribution in [3.63, 3.8) is 0 Å². The van der Waals surface area contributed by atoms with Gasteiger partial charge in [-0.3, -0.25) is 4.68 Å². The third kappa shape index (κ3) is 2.39. The van der Waals surface area contributed by atoms with Gasteiger partial charge >= 0.3 is 5.97 Å². The van der Waals surface area contributed by atoms with E-state index in [0.29, 0.717) is 30.6 Å². The monoisotopic (exact) mass is 304 g/mol. The third-order valence-electron chi connectivity index (χ3n) is 4.11. The summed E-state index contributed by atoms with van der Waals surface area (Å²) in [6, 6.07) is 6.15. The van der Waals surface area contributed by atoms with Crippen LogP contribution >= 0.6 is 0 Å². The van der Waals surface area contributed by atoms with Crippen molar-refractivity contribution in [1.82, 2.24) is 9.78 Å². The molecule has 1 aliphatic carbocycles. The van der Waals surface area contributed by atoms with Gasteiger partial charge in [0.05, 0.1) is 12.3 Å². The first-order valence-electron chi connectivity index (χ1n) is 7.21. The quantitative estimate of drug-likeness (QED) is 0.922. The van der Waals surface area contributed by atoms with Gasteiger partial charge in [0.25, 0.3) is 0 Å². The lowest BCUT2D eigenvalue weighted by molar-refractivity contribution is -0.165. The number of carboxylic acid groups (broad SMARTS) is 1. The van der Waals surface area contributed by atoms with Gasteiger partial charge in [-0.1, -0.05) is 12.1 Å². The third-order valence-corrected chi connectivity index (χ3v) is 4.11. The zero-order valence-corrected chi connectivity index (χ0v) is 12.2. The molecule has 2 aromatic rings. The molecular formula is C16H17FN2O3. The van der Waals surface area contributed by atoms with Crippen LogP contribution in [0.4, 0.5) is 4.39 Å². The van der Waals surface area contributed by atoms with Gasteiger partial charge in [-0.2, -0.15) is 5.10 Å². The van der Waals surface area contributed by atoms with Crippen molar-refractivity contribution in [2.75, 3.05) is 6.61 Å². The molecule has 0 atom stereocenters. The van der Waals surface area contributed by atoms with Gasteiger partial charge in [0.1, 0.15) is 5.82 Å². The number of hydrogen-bond acceptors (Lipinski definition) is 3. The summed E-state index contributed by atoms with van der Waals surface area (Å²) >= 11 is 0. The van der Waals surface area contributed by atoms with Crippen molar-refractivity contribution >= 4 is 5.97 Å². The molecule has 0 aliphatic heterocycles. The first-order valence-corrected chi connectivity index (χ1v) is 7.21. The lowest BCUT2D eigenvalue weighted by Crippen LogP contribution is -2.55. The molecule has 3 rings (SSSR count). The minimum Gasteiger partial charge on any atom is -0.479 e. The highest BCUT2D eigenvalue weighted by Gasteiger charge is 2.53. The molecule has 116 valence electrons. The summed E-state index contributed by atoms with van der Waals surface area (Å²) in [7, 11) is 0. The van der Waals surface area contributed by atoms with Crippen molar-refractivity contribution in [1.29, 1.82) is 0 Å². The lowest BCUT2D eigenvalue weighted by atomic mass is 9.74. The van der Waals surface area contributed by atoms with Crippen LogP contribution in [0.5, 0.6) is 0 Å². The molecule has 1 aromatic carbocycles. The number of rotatable bonds is 5. The van der Waals surface area contributed by atoms with Gasteiger partial charge in [0, 0.05) is 31.2 Å². The Morgan fingerprint density at radius 2 is 2.27 bits per heavy atom. The number of carboxylic acids is 1. The van der Waals surface area contributed by atoms with Gasteiger partial charge in [0.2, 0.25) is 0 Å². The van der Waals surface area contributed by atoms with E-state index in [2.05, 4.69) is 5.10 Å². The normalized spacial score (nSPS) is 24.0. The van der Waals surface area contributed by atoms with Crippen LogP contribution in [0.15, 0.2) is 36.7 Å². The van der Waals surface area contributed by atoms with Crippen LogP contribution in [0.3, 0.4) is 0 Å². The highest BCUT2D eigenvalue weighted by atomic mass is 19.1. The second-order valence-electron chi connectivity index (χ2n) is 5.51. The number of aliphatic carboxylic acids is 1. The van der Waals surface area contributed by atoms with E-state index in [4.69, 9.17) is 4.74 Å². The van der Waals surface area contributed by atoms with Gasteiger partial charge in [-0.05, 0) is 24.6 Å². The number of halogens is 1. The molecule has 1 saturated carbocycles. The predicted molar refractivity (Wildman–Crippen MR) is 77.9 cm³/mol. The fourth-order valence-corrected chi connectivity index (χ4v) is 2.88. The second kappa shape index (κ2) is 5.53. The molecule has 1 fully saturated rings. The fourth-order valence-electron chi connectivity index (χ4n) is 2.88. The Bertz CT molecular complexity index is 692. The summed E-state index contributed by atoms with van der Waals surface area (Å²) in [5.74, 6) is -1.25. The van der Waals surface area contributed by atoms with E-state index in [1.54, 1.807) is 24.5 Å². The maximum absolute atomic E-state index is 13.3. The number of aromatic nitrogens is 2. The van der Waals surface area contributed by atoms with E-state index in [-0.39, 0.29) is 11.9 Å². The smallest absolute Gasteiger partial charge is 0.331 e. The molecule has 0 saturated heterocycles. The van der Waals surface area contributed by atoms with Crippen LogP contribution in [0.2, 0.25) is 0 Å². The Labute approximate surface area is 127 Å². The molecule has 1 aliphatic rings. The summed E-state index contributed by atoms with van der Waals surface area (Å²) in [5, 5.41) is 13.8. The Morgan fingerprint density at radius 1 is 1.50 bits per heavy atom. The molecular weight excluding hydrogens is 287 g/mol. The van der Waals surface area contributed by atoms with E-state index < -0.39 is 11.5 Å². The minimum atomic E-state index is -1.06. The topological polar surface area (TPSA) is 64.3 Å². The molecule has 0 spiro atoms. The minimum absolute atomic E-state index is 0.0529. The molecule has 22 heavy (non-hydrogen) atoms. The van der Waals surface area contributed by atoms with E-state index >= 15 is 0 Å². The number of nitrogens with zero attached hydrogens (tertiary/aromatic N) is 2. The molecule has 1 N–H and O–H groups in total. The number of benzene rings is 1. The molecule has 1 heterocycles. The summed E-state index contributed by atoms with van der Waals surface area (Å²) in [5.41, 5.74) is 0.304. The number of hydrogen-bond donors (Lipinski definition) is 1. The van der Waals surface area contributed by atoms with Crippen molar-refractivity contribution in [2.45, 2.75) is 31.4 Å². The van der Waals surface area contributed by atoms with Crippen molar-refractivity contribution in [2.24, 2.45) is 0 Å². The van der Waals surface area contributed by atoms with Crippen LogP contribution in [0, 0.1) is 5.82 Å². The summed E-state index contributed by atoms with van der Waals surface area (Å²) < 4.78 is 20.2. The van der Waals surface area contributed by atoms with E-state index in [0.717, 1.165) is 0 Å². The summed E-state index contributed by atoms with van der Waals surface area (Å²) in [6.07, 6.45) is 3.95. The first-order chi connectivity index (χ1) is 10.5. The van der Waals surface area contributed by atoms with Crippen LogP contribution in [0.1, 0.15) is 19.8 Å². The van der Waals surface area contributed by atoms with Crippen LogP contribution in [-0.4, -0.2) is 33.6 Å². The van der Waals surface area contributed by atoms with Gasteiger partial charge in [-0.15, -0.1) is 0 Å². The van der Waals surface area contributed by atoms with Crippen molar-refractivity contribution in [3.05, 3.63) is 42.5 Å². The second-order valence-corrected chi connectivity index (χ2v) is 5.51. The van der Waals surface area contributed by atoms with Crippen LogP contribution in [-0.2, 0) is 15.1 Å². The van der Waals surface area contributed by atoms with Crippen LogP contribution < -0.4 is 0 Å². The van der Waals surface area contributed by atoms with Crippen molar-refractivity contribution in [3.8, 4) is 11.1 Å². The highest BCUT2D eigenvalue weighted by molar-refractivity contribution is 5.78. The van der Waals surface area contributed by atoms with E-state index in [1.807, 2.05) is 6.92 Å². The zero-order valence-electron chi connectivity index (χ0n) is 12.2. The zero-order chi connectivity index (χ0) is 15.7. The Balaban J connectivity index is 1.87. The van der Waals surface area contributed by atoms with E-state index in [9.17, 15) is 14.3 Å². The maximum atomic E-state index is 13.3. The maximum Gasteiger partial charge on any atom is 0.331 e. The van der Waals surface area contributed by atoms with Gasteiger partial charge in [0.15, 0.2) is 5.54 Å². The van der Waals surface area contributed by atoms with Gasteiger partial charge in [-0.25, -0.2) is 9.18 Å². The molecule has 5 nitrogen and oxygen atoms in total. The van der Waals surface area contributed by atoms with Gasteiger partial charge < -0.3 is 9.84 Å². The number of ether oxygens (including phenoxy) is 1. The highest BCUT2D eigenvalue weighted by Crippen LogP contribution is 2.41. The summed E-state index contributed by atoms with van der Waals surface area (Å²) in [4.78, 5) is 11.7. The first kappa shape index (κ1) is 14.7. The summed E-state index contributed by atoms with van der Waals surface area (Å²) in [6.45, 7) is 2.45. The fraction of sp³-hybridized carbons (Fsp3) is 0.375. The Morgan fingerprint density at radius 3 is 2.91 bits per heavy atom. The Kier molecular flexibility index (Phi) is 3.70.